The first-order chi connectivity index (χ1) is 11.7. The van der Waals surface area contributed by atoms with Gasteiger partial charge in [0.15, 0.2) is 0 Å². The minimum atomic E-state index is 0.0370. The largest absolute Gasteiger partial charge is 0.493 e. The number of benzene rings is 1. The van der Waals surface area contributed by atoms with E-state index in [4.69, 9.17) is 22.1 Å². The summed E-state index contributed by atoms with van der Waals surface area (Å²) in [5.74, 6) is 1.05. The number of likely N-dealkylation sites (tertiary alicyclic amines) is 1. The van der Waals surface area contributed by atoms with E-state index in [0.29, 0.717) is 25.6 Å². The lowest BCUT2D eigenvalue weighted by molar-refractivity contribution is -0.121. The normalized spacial score (nSPS) is 20.5. The molecular formula is C18H26ClN3O2. The summed E-state index contributed by atoms with van der Waals surface area (Å²) in [5.41, 5.74) is 7.81. The van der Waals surface area contributed by atoms with Crippen molar-refractivity contribution in [2.45, 2.75) is 44.7 Å². The Balaban J connectivity index is 1.67. The first-order valence-electron chi connectivity index (χ1n) is 8.82. The molecule has 1 amide bonds. The van der Waals surface area contributed by atoms with Crippen LogP contribution in [0.5, 0.6) is 5.75 Å². The van der Waals surface area contributed by atoms with Gasteiger partial charge in [-0.1, -0.05) is 18.0 Å². The molecule has 5 nitrogen and oxygen atoms in total. The Kier molecular flexibility index (Phi) is 5.98. The maximum Gasteiger partial charge on any atom is 0.221 e. The van der Waals surface area contributed by atoms with E-state index in [1.54, 1.807) is 0 Å². The van der Waals surface area contributed by atoms with Gasteiger partial charge in [-0.05, 0) is 37.1 Å². The molecular weight excluding hydrogens is 326 g/mol. The van der Waals surface area contributed by atoms with Crippen LogP contribution in [0.15, 0.2) is 12.1 Å². The third-order valence-corrected chi connectivity index (χ3v) is 5.07. The van der Waals surface area contributed by atoms with Gasteiger partial charge in [-0.25, -0.2) is 0 Å². The van der Waals surface area contributed by atoms with Crippen LogP contribution in [0, 0.1) is 0 Å². The quantitative estimate of drug-likeness (QED) is 0.823. The molecule has 0 bridgehead atoms. The molecule has 0 radical (unpaired) electrons. The number of rotatable bonds is 6. The van der Waals surface area contributed by atoms with Crippen molar-refractivity contribution in [2.24, 2.45) is 5.73 Å². The van der Waals surface area contributed by atoms with E-state index in [-0.39, 0.29) is 5.91 Å². The number of nitrogens with two attached hydrogens (primary N) is 1. The highest BCUT2D eigenvalue weighted by Crippen LogP contribution is 2.34. The Bertz CT molecular complexity index is 594. The van der Waals surface area contributed by atoms with Crippen molar-refractivity contribution in [3.8, 4) is 5.75 Å². The van der Waals surface area contributed by atoms with Gasteiger partial charge in [0.2, 0.25) is 5.91 Å². The van der Waals surface area contributed by atoms with Crippen LogP contribution in [0.25, 0.3) is 0 Å². The van der Waals surface area contributed by atoms with Crippen LogP contribution in [0.1, 0.15) is 36.8 Å². The lowest BCUT2D eigenvalue weighted by Crippen LogP contribution is -2.46. The molecule has 2 heterocycles. The summed E-state index contributed by atoms with van der Waals surface area (Å²) < 4.78 is 5.82. The van der Waals surface area contributed by atoms with Crippen molar-refractivity contribution in [1.29, 1.82) is 0 Å². The average Bonchev–Trinajstić information content (AvgIpc) is 3.03. The summed E-state index contributed by atoms with van der Waals surface area (Å²) >= 11 is 6.28. The molecule has 0 aliphatic carbocycles. The van der Waals surface area contributed by atoms with Gasteiger partial charge < -0.3 is 15.8 Å². The molecule has 132 valence electrons. The van der Waals surface area contributed by atoms with Crippen LogP contribution in [-0.4, -0.2) is 43.1 Å². The van der Waals surface area contributed by atoms with E-state index in [1.807, 2.05) is 12.1 Å². The Morgan fingerprint density at radius 2 is 2.29 bits per heavy atom. The van der Waals surface area contributed by atoms with Gasteiger partial charge in [0, 0.05) is 49.1 Å². The SMILES string of the molecule is NCCC(=O)NCC1CCCCN1Cc1cc(Cl)cc2c1OCC2. The number of carbonyl (C=O) groups excluding carboxylic acids is 1. The molecule has 3 N–H and O–H groups in total. The van der Waals surface area contributed by atoms with E-state index < -0.39 is 0 Å². The highest BCUT2D eigenvalue weighted by molar-refractivity contribution is 6.30. The molecule has 1 fully saturated rings. The van der Waals surface area contributed by atoms with E-state index in [0.717, 1.165) is 48.9 Å². The van der Waals surface area contributed by atoms with Gasteiger partial charge >= 0.3 is 0 Å². The number of halogens is 1. The summed E-state index contributed by atoms with van der Waals surface area (Å²) in [7, 11) is 0. The summed E-state index contributed by atoms with van der Waals surface area (Å²) in [6.07, 6.45) is 4.82. The molecule has 1 saturated heterocycles. The molecule has 6 heteroatoms. The van der Waals surface area contributed by atoms with Gasteiger partial charge in [-0.3, -0.25) is 9.69 Å². The fraction of sp³-hybridized carbons (Fsp3) is 0.611. The van der Waals surface area contributed by atoms with E-state index in [1.165, 1.54) is 18.4 Å². The number of piperidine rings is 1. The number of nitrogens with zero attached hydrogens (tertiary/aromatic N) is 1. The highest BCUT2D eigenvalue weighted by atomic mass is 35.5. The minimum absolute atomic E-state index is 0.0370. The van der Waals surface area contributed by atoms with Crippen LogP contribution >= 0.6 is 11.6 Å². The van der Waals surface area contributed by atoms with Gasteiger partial charge in [-0.2, -0.15) is 0 Å². The van der Waals surface area contributed by atoms with Crippen molar-refractivity contribution < 1.29 is 9.53 Å². The zero-order valence-electron chi connectivity index (χ0n) is 14.0. The molecule has 24 heavy (non-hydrogen) atoms. The molecule has 0 aromatic heterocycles. The van der Waals surface area contributed by atoms with E-state index in [2.05, 4.69) is 10.2 Å². The molecule has 3 rings (SSSR count). The molecule has 0 spiro atoms. The second kappa shape index (κ2) is 8.19. The smallest absolute Gasteiger partial charge is 0.221 e. The lowest BCUT2D eigenvalue weighted by atomic mass is 10.00. The molecule has 1 unspecified atom stereocenters. The Morgan fingerprint density at radius 1 is 1.42 bits per heavy atom. The van der Waals surface area contributed by atoms with Crippen LogP contribution < -0.4 is 15.8 Å². The number of hydrogen-bond acceptors (Lipinski definition) is 4. The molecule has 2 aliphatic rings. The maximum absolute atomic E-state index is 11.7. The fourth-order valence-corrected chi connectivity index (χ4v) is 3.90. The summed E-state index contributed by atoms with van der Waals surface area (Å²) in [6, 6.07) is 4.38. The predicted octanol–water partition coefficient (Wildman–Crippen LogP) is 2.09. The number of ether oxygens (including phenoxy) is 1. The standard InChI is InChI=1S/C18H26ClN3O2/c19-15-9-13-5-8-24-18(13)14(10-15)12-22-7-2-1-3-16(22)11-21-17(23)4-6-20/h9-10,16H,1-8,11-12,20H2,(H,21,23). The topological polar surface area (TPSA) is 67.6 Å². The Morgan fingerprint density at radius 3 is 3.12 bits per heavy atom. The summed E-state index contributed by atoms with van der Waals surface area (Å²) in [4.78, 5) is 14.1. The number of nitrogens with one attached hydrogen (secondary N) is 1. The van der Waals surface area contributed by atoms with Crippen LogP contribution in [-0.2, 0) is 17.8 Å². The third-order valence-electron chi connectivity index (χ3n) is 4.85. The van der Waals surface area contributed by atoms with Crippen molar-refractivity contribution in [3.05, 3.63) is 28.3 Å². The van der Waals surface area contributed by atoms with E-state index >= 15 is 0 Å². The van der Waals surface area contributed by atoms with Crippen molar-refractivity contribution >= 4 is 17.5 Å². The number of amides is 1. The minimum Gasteiger partial charge on any atom is -0.493 e. The number of hydrogen-bond donors (Lipinski definition) is 2. The van der Waals surface area contributed by atoms with Gasteiger partial charge in [-0.15, -0.1) is 0 Å². The zero-order chi connectivity index (χ0) is 16.9. The zero-order valence-corrected chi connectivity index (χ0v) is 14.8. The second-order valence-electron chi connectivity index (χ2n) is 6.61. The lowest BCUT2D eigenvalue weighted by Gasteiger charge is -2.36. The monoisotopic (exact) mass is 351 g/mol. The highest BCUT2D eigenvalue weighted by Gasteiger charge is 2.25. The predicted molar refractivity (Wildman–Crippen MR) is 95.4 cm³/mol. The first kappa shape index (κ1) is 17.5. The molecule has 1 atom stereocenters. The maximum atomic E-state index is 11.7. The summed E-state index contributed by atoms with van der Waals surface area (Å²) in [5, 5.41) is 3.79. The van der Waals surface area contributed by atoms with Crippen LogP contribution in [0.4, 0.5) is 0 Å². The van der Waals surface area contributed by atoms with Gasteiger partial charge in [0.1, 0.15) is 5.75 Å². The molecule has 2 aliphatic heterocycles. The Labute approximate surface area is 148 Å². The van der Waals surface area contributed by atoms with Crippen molar-refractivity contribution in [3.63, 3.8) is 0 Å². The first-order valence-corrected chi connectivity index (χ1v) is 9.20. The fourth-order valence-electron chi connectivity index (χ4n) is 3.63. The molecule has 1 aromatic rings. The van der Waals surface area contributed by atoms with Crippen LogP contribution in [0.2, 0.25) is 5.02 Å². The Hall–Kier alpha value is -1.30. The second-order valence-corrected chi connectivity index (χ2v) is 7.05. The van der Waals surface area contributed by atoms with Crippen molar-refractivity contribution in [2.75, 3.05) is 26.2 Å². The van der Waals surface area contributed by atoms with Gasteiger partial charge in [0.05, 0.1) is 6.61 Å². The average molecular weight is 352 g/mol. The number of fused-ring (bicyclic) bond motifs is 1. The van der Waals surface area contributed by atoms with E-state index in [9.17, 15) is 4.79 Å². The molecule has 0 saturated carbocycles. The van der Waals surface area contributed by atoms with Gasteiger partial charge in [0.25, 0.3) is 0 Å². The number of carbonyl (C=O) groups is 1. The van der Waals surface area contributed by atoms with Crippen LogP contribution in [0.3, 0.4) is 0 Å². The van der Waals surface area contributed by atoms with Crippen molar-refractivity contribution in [1.82, 2.24) is 10.2 Å². The molecule has 1 aromatic carbocycles. The third kappa shape index (κ3) is 4.21. The summed E-state index contributed by atoms with van der Waals surface area (Å²) in [6.45, 7) is 3.68.